The molecular formula is C16H13ClN4O2S. The molecule has 0 aliphatic carbocycles. The van der Waals surface area contributed by atoms with E-state index in [1.54, 1.807) is 35.2 Å². The summed E-state index contributed by atoms with van der Waals surface area (Å²) >= 11 is 7.27. The lowest BCUT2D eigenvalue weighted by Crippen LogP contribution is -2.14. The number of nitrogens with zero attached hydrogens (tertiary/aromatic N) is 3. The number of benzene rings is 2. The van der Waals surface area contributed by atoms with Crippen LogP contribution in [0.15, 0.2) is 60.0 Å². The summed E-state index contributed by atoms with van der Waals surface area (Å²) in [6, 6.07) is 13.6. The fourth-order valence-corrected chi connectivity index (χ4v) is 2.91. The van der Waals surface area contributed by atoms with E-state index in [1.807, 2.05) is 12.1 Å². The summed E-state index contributed by atoms with van der Waals surface area (Å²) in [5.74, 6) is 0.156. The van der Waals surface area contributed by atoms with E-state index in [9.17, 15) is 9.90 Å². The zero-order chi connectivity index (χ0) is 16.9. The first-order valence-electron chi connectivity index (χ1n) is 6.99. The Morgan fingerprint density at radius 3 is 2.79 bits per heavy atom. The highest BCUT2D eigenvalue weighted by Gasteiger charge is 2.10. The topological polar surface area (TPSA) is 80.0 Å². The molecule has 0 bridgehead atoms. The number of nitrogens with one attached hydrogen (secondary N) is 1. The van der Waals surface area contributed by atoms with Crippen LogP contribution < -0.4 is 5.32 Å². The first kappa shape index (κ1) is 16.4. The Kier molecular flexibility index (Phi) is 5.02. The highest BCUT2D eigenvalue weighted by molar-refractivity contribution is 7.99. The molecule has 2 aromatic carbocycles. The number of hydrogen-bond donors (Lipinski definition) is 2. The van der Waals surface area contributed by atoms with E-state index < -0.39 is 0 Å². The van der Waals surface area contributed by atoms with Crippen molar-refractivity contribution in [3.05, 3.63) is 59.9 Å². The van der Waals surface area contributed by atoms with Crippen LogP contribution >= 0.6 is 23.4 Å². The van der Waals surface area contributed by atoms with Gasteiger partial charge in [-0.05, 0) is 42.5 Å². The molecule has 0 atom stereocenters. The number of rotatable bonds is 5. The van der Waals surface area contributed by atoms with Gasteiger partial charge in [-0.15, -0.1) is 10.2 Å². The lowest BCUT2D eigenvalue weighted by molar-refractivity contribution is -0.113. The number of anilines is 1. The van der Waals surface area contributed by atoms with Crippen LogP contribution in [0.3, 0.4) is 0 Å². The monoisotopic (exact) mass is 360 g/mol. The van der Waals surface area contributed by atoms with E-state index in [4.69, 9.17) is 11.6 Å². The van der Waals surface area contributed by atoms with Crippen LogP contribution in [0.5, 0.6) is 5.75 Å². The average Bonchev–Trinajstić information content (AvgIpc) is 3.04. The molecule has 0 saturated heterocycles. The molecule has 1 aromatic heterocycles. The van der Waals surface area contributed by atoms with Crippen LogP contribution in [-0.2, 0) is 4.79 Å². The molecule has 0 unspecified atom stereocenters. The lowest BCUT2D eigenvalue weighted by Gasteiger charge is -2.07. The number of amides is 1. The standard InChI is InChI=1S/C16H13ClN4O2S/c17-11-2-1-3-13(8-11)21-10-18-20-16(21)24-9-15(23)19-12-4-6-14(22)7-5-12/h1-8,10,22H,9H2,(H,19,23). The van der Waals surface area contributed by atoms with Gasteiger partial charge in [0.2, 0.25) is 5.91 Å². The van der Waals surface area contributed by atoms with Crippen molar-refractivity contribution in [2.45, 2.75) is 5.16 Å². The van der Waals surface area contributed by atoms with Gasteiger partial charge in [0.25, 0.3) is 0 Å². The predicted molar refractivity (Wildman–Crippen MR) is 93.8 cm³/mol. The van der Waals surface area contributed by atoms with Gasteiger partial charge in [-0.3, -0.25) is 9.36 Å². The van der Waals surface area contributed by atoms with Gasteiger partial charge in [-0.2, -0.15) is 0 Å². The summed E-state index contributed by atoms with van der Waals surface area (Å²) in [6.45, 7) is 0. The SMILES string of the molecule is O=C(CSc1nncn1-c1cccc(Cl)c1)Nc1ccc(O)cc1. The van der Waals surface area contributed by atoms with Crippen molar-refractivity contribution in [3.8, 4) is 11.4 Å². The minimum Gasteiger partial charge on any atom is -0.508 e. The van der Waals surface area contributed by atoms with Crippen molar-refractivity contribution >= 4 is 35.0 Å². The van der Waals surface area contributed by atoms with Crippen molar-refractivity contribution in [3.63, 3.8) is 0 Å². The molecule has 0 aliphatic heterocycles. The number of thioether (sulfide) groups is 1. The van der Waals surface area contributed by atoms with E-state index in [0.29, 0.717) is 15.9 Å². The second-order valence-corrected chi connectivity index (χ2v) is 6.23. The van der Waals surface area contributed by atoms with E-state index in [2.05, 4.69) is 15.5 Å². The fourth-order valence-electron chi connectivity index (χ4n) is 2.00. The lowest BCUT2D eigenvalue weighted by atomic mass is 10.3. The number of aromatic hydroxyl groups is 1. The van der Waals surface area contributed by atoms with Gasteiger partial charge >= 0.3 is 0 Å². The molecule has 1 heterocycles. The largest absolute Gasteiger partial charge is 0.508 e. The number of halogens is 1. The summed E-state index contributed by atoms with van der Waals surface area (Å²) in [6.07, 6.45) is 1.58. The maximum Gasteiger partial charge on any atom is 0.234 e. The molecule has 8 heteroatoms. The van der Waals surface area contributed by atoms with Crippen molar-refractivity contribution in [2.24, 2.45) is 0 Å². The summed E-state index contributed by atoms with van der Waals surface area (Å²) < 4.78 is 1.77. The fraction of sp³-hybridized carbons (Fsp3) is 0.0625. The Morgan fingerprint density at radius 2 is 2.04 bits per heavy atom. The predicted octanol–water partition coefficient (Wildman–Crippen LogP) is 3.36. The summed E-state index contributed by atoms with van der Waals surface area (Å²) in [5.41, 5.74) is 1.45. The highest BCUT2D eigenvalue weighted by Crippen LogP contribution is 2.22. The maximum absolute atomic E-state index is 12.0. The van der Waals surface area contributed by atoms with Crippen molar-refractivity contribution in [1.29, 1.82) is 0 Å². The summed E-state index contributed by atoms with van der Waals surface area (Å²) in [5, 5.41) is 21.1. The van der Waals surface area contributed by atoms with Gasteiger partial charge in [-0.1, -0.05) is 29.4 Å². The molecule has 0 spiro atoms. The van der Waals surface area contributed by atoms with Crippen LogP contribution in [0.1, 0.15) is 0 Å². The molecular weight excluding hydrogens is 348 g/mol. The third kappa shape index (κ3) is 4.06. The molecule has 24 heavy (non-hydrogen) atoms. The number of phenols is 1. The Hall–Kier alpha value is -2.51. The second kappa shape index (κ2) is 7.37. The Morgan fingerprint density at radius 1 is 1.25 bits per heavy atom. The third-order valence-electron chi connectivity index (χ3n) is 3.09. The second-order valence-electron chi connectivity index (χ2n) is 4.85. The van der Waals surface area contributed by atoms with Gasteiger partial charge in [0.05, 0.1) is 11.4 Å². The molecule has 0 fully saturated rings. The first-order chi connectivity index (χ1) is 11.6. The van der Waals surface area contributed by atoms with Crippen molar-refractivity contribution in [1.82, 2.24) is 14.8 Å². The molecule has 1 amide bonds. The van der Waals surface area contributed by atoms with Crippen LogP contribution in [0.4, 0.5) is 5.69 Å². The van der Waals surface area contributed by atoms with Gasteiger partial charge in [-0.25, -0.2) is 0 Å². The molecule has 3 aromatic rings. The zero-order valence-corrected chi connectivity index (χ0v) is 14.0. The van der Waals surface area contributed by atoms with Crippen LogP contribution in [0.2, 0.25) is 5.02 Å². The molecule has 0 aliphatic rings. The molecule has 3 rings (SSSR count). The van der Waals surface area contributed by atoms with Gasteiger partial charge in [0, 0.05) is 10.7 Å². The van der Waals surface area contributed by atoms with E-state index in [-0.39, 0.29) is 17.4 Å². The number of aromatic nitrogens is 3. The minimum absolute atomic E-state index is 0.150. The normalized spacial score (nSPS) is 10.5. The zero-order valence-electron chi connectivity index (χ0n) is 12.4. The average molecular weight is 361 g/mol. The Labute approximate surface area is 147 Å². The van der Waals surface area contributed by atoms with E-state index in [0.717, 1.165) is 5.69 Å². The minimum atomic E-state index is -0.175. The number of phenolic OH excluding ortho intramolecular Hbond substituents is 1. The number of carbonyl (C=O) groups is 1. The molecule has 0 radical (unpaired) electrons. The quantitative estimate of drug-likeness (QED) is 0.538. The third-order valence-corrected chi connectivity index (χ3v) is 4.26. The smallest absolute Gasteiger partial charge is 0.234 e. The van der Waals surface area contributed by atoms with E-state index in [1.165, 1.54) is 23.9 Å². The van der Waals surface area contributed by atoms with E-state index >= 15 is 0 Å². The first-order valence-corrected chi connectivity index (χ1v) is 8.36. The van der Waals surface area contributed by atoms with Crippen LogP contribution in [-0.4, -0.2) is 31.5 Å². The van der Waals surface area contributed by atoms with Crippen LogP contribution in [0.25, 0.3) is 5.69 Å². The van der Waals surface area contributed by atoms with Gasteiger partial charge in [0.1, 0.15) is 12.1 Å². The maximum atomic E-state index is 12.0. The van der Waals surface area contributed by atoms with Gasteiger partial charge < -0.3 is 10.4 Å². The Bertz CT molecular complexity index is 851. The number of hydrogen-bond acceptors (Lipinski definition) is 5. The Balaban J connectivity index is 1.64. The highest BCUT2D eigenvalue weighted by atomic mass is 35.5. The van der Waals surface area contributed by atoms with Crippen LogP contribution in [0, 0.1) is 0 Å². The van der Waals surface area contributed by atoms with Crippen molar-refractivity contribution in [2.75, 3.05) is 11.1 Å². The molecule has 0 saturated carbocycles. The number of carbonyl (C=O) groups excluding carboxylic acids is 1. The summed E-state index contributed by atoms with van der Waals surface area (Å²) in [7, 11) is 0. The van der Waals surface area contributed by atoms with Gasteiger partial charge in [0.15, 0.2) is 5.16 Å². The molecule has 122 valence electrons. The van der Waals surface area contributed by atoms with Crippen molar-refractivity contribution < 1.29 is 9.90 Å². The molecule has 2 N–H and O–H groups in total. The summed E-state index contributed by atoms with van der Waals surface area (Å²) in [4.78, 5) is 12.0. The molecule has 6 nitrogen and oxygen atoms in total.